The molecule has 1 aliphatic rings. The van der Waals surface area contributed by atoms with Crippen molar-refractivity contribution in [3.05, 3.63) is 28.5 Å². The van der Waals surface area contributed by atoms with Crippen LogP contribution in [0.1, 0.15) is 19.3 Å². The maximum absolute atomic E-state index is 13.5. The van der Waals surface area contributed by atoms with Crippen LogP contribution in [0.3, 0.4) is 0 Å². The summed E-state index contributed by atoms with van der Waals surface area (Å²) in [5.41, 5.74) is 0.262. The molecule has 0 atom stereocenters. The summed E-state index contributed by atoms with van der Waals surface area (Å²) in [4.78, 5) is 11.8. The number of carbonyl (C=O) groups is 1. The van der Waals surface area contributed by atoms with Gasteiger partial charge < -0.3 is 5.32 Å². The average molecular weight is 318 g/mol. The van der Waals surface area contributed by atoms with Gasteiger partial charge in [0.25, 0.3) is 0 Å². The second-order valence-corrected chi connectivity index (χ2v) is 5.65. The van der Waals surface area contributed by atoms with Gasteiger partial charge in [-0.2, -0.15) is 12.6 Å². The first-order valence-electron chi connectivity index (χ1n) is 5.41. The Kier molecular flexibility index (Phi) is 3.78. The van der Waals surface area contributed by atoms with Gasteiger partial charge in [0, 0.05) is 10.9 Å². The first-order valence-corrected chi connectivity index (χ1v) is 6.84. The molecule has 0 aliphatic heterocycles. The van der Waals surface area contributed by atoms with E-state index in [2.05, 4.69) is 33.9 Å². The van der Waals surface area contributed by atoms with Crippen molar-refractivity contribution < 1.29 is 9.18 Å². The molecule has 0 saturated heterocycles. The third-order valence-corrected chi connectivity index (χ3v) is 4.39. The molecule has 92 valence electrons. The van der Waals surface area contributed by atoms with Crippen LogP contribution < -0.4 is 5.32 Å². The molecule has 1 aliphatic carbocycles. The van der Waals surface area contributed by atoms with Crippen LogP contribution >= 0.6 is 28.6 Å². The van der Waals surface area contributed by atoms with Gasteiger partial charge in [0.05, 0.1) is 5.69 Å². The van der Waals surface area contributed by atoms with Gasteiger partial charge in [-0.25, -0.2) is 4.39 Å². The minimum atomic E-state index is -0.427. The van der Waals surface area contributed by atoms with Crippen molar-refractivity contribution in [1.82, 2.24) is 0 Å². The molecule has 17 heavy (non-hydrogen) atoms. The zero-order chi connectivity index (χ0) is 12.5. The molecule has 2 rings (SSSR count). The zero-order valence-corrected chi connectivity index (χ0v) is 11.7. The van der Waals surface area contributed by atoms with E-state index >= 15 is 0 Å². The number of thiol groups is 1. The van der Waals surface area contributed by atoms with Gasteiger partial charge in [0.1, 0.15) is 5.82 Å². The van der Waals surface area contributed by atoms with Crippen molar-refractivity contribution in [1.29, 1.82) is 0 Å². The summed E-state index contributed by atoms with van der Waals surface area (Å²) < 4.78 is 14.0. The predicted molar refractivity (Wildman–Crippen MR) is 72.9 cm³/mol. The molecular formula is C12H13BrFNOS. The standard InChI is InChI=1S/C12H13BrFNOS/c13-8-2-1-3-9(14)11(8)15-10(16)6-12(7-17)4-5-12/h1-3,17H,4-7H2,(H,15,16). The van der Waals surface area contributed by atoms with E-state index in [-0.39, 0.29) is 17.0 Å². The number of anilines is 1. The molecule has 1 fully saturated rings. The van der Waals surface area contributed by atoms with Gasteiger partial charge in [-0.05, 0) is 52.1 Å². The van der Waals surface area contributed by atoms with Crippen molar-refractivity contribution >= 4 is 40.2 Å². The SMILES string of the molecule is O=C(CC1(CS)CC1)Nc1c(F)cccc1Br. The second-order valence-electron chi connectivity index (χ2n) is 4.48. The van der Waals surface area contributed by atoms with Gasteiger partial charge in [-0.15, -0.1) is 0 Å². The van der Waals surface area contributed by atoms with Crippen LogP contribution in [0.4, 0.5) is 10.1 Å². The van der Waals surface area contributed by atoms with Crippen molar-refractivity contribution in [3.8, 4) is 0 Å². The van der Waals surface area contributed by atoms with E-state index in [0.717, 1.165) is 12.8 Å². The van der Waals surface area contributed by atoms with Crippen LogP contribution in [0, 0.1) is 11.2 Å². The van der Waals surface area contributed by atoms with Gasteiger partial charge in [-0.1, -0.05) is 6.07 Å². The lowest BCUT2D eigenvalue weighted by Gasteiger charge is -2.13. The van der Waals surface area contributed by atoms with E-state index in [1.54, 1.807) is 12.1 Å². The third-order valence-electron chi connectivity index (χ3n) is 3.06. The quantitative estimate of drug-likeness (QED) is 0.816. The topological polar surface area (TPSA) is 29.1 Å². The molecule has 1 aromatic carbocycles. The van der Waals surface area contributed by atoms with E-state index in [4.69, 9.17) is 0 Å². The van der Waals surface area contributed by atoms with E-state index in [1.807, 2.05) is 0 Å². The Morgan fingerprint density at radius 3 is 2.76 bits per heavy atom. The zero-order valence-electron chi connectivity index (χ0n) is 9.17. The highest BCUT2D eigenvalue weighted by Crippen LogP contribution is 2.49. The molecule has 1 saturated carbocycles. The largest absolute Gasteiger partial charge is 0.323 e. The molecule has 0 unspecified atom stereocenters. The molecule has 0 heterocycles. The normalized spacial score (nSPS) is 16.6. The lowest BCUT2D eigenvalue weighted by Crippen LogP contribution is -2.19. The van der Waals surface area contributed by atoms with E-state index in [9.17, 15) is 9.18 Å². The number of benzene rings is 1. The number of hydrogen-bond donors (Lipinski definition) is 2. The van der Waals surface area contributed by atoms with Crippen molar-refractivity contribution in [3.63, 3.8) is 0 Å². The van der Waals surface area contributed by atoms with Crippen molar-refractivity contribution in [2.75, 3.05) is 11.1 Å². The Morgan fingerprint density at radius 2 is 2.24 bits per heavy atom. The van der Waals surface area contributed by atoms with Gasteiger partial charge in [-0.3, -0.25) is 4.79 Å². The smallest absolute Gasteiger partial charge is 0.225 e. The summed E-state index contributed by atoms with van der Waals surface area (Å²) in [6.45, 7) is 0. The van der Waals surface area contributed by atoms with Crippen LogP contribution in [-0.4, -0.2) is 11.7 Å². The summed E-state index contributed by atoms with van der Waals surface area (Å²) in [6, 6.07) is 4.61. The molecule has 5 heteroatoms. The Bertz CT molecular complexity index is 428. The summed E-state index contributed by atoms with van der Waals surface area (Å²) in [5, 5.41) is 2.61. The molecule has 0 radical (unpaired) electrons. The summed E-state index contributed by atoms with van der Waals surface area (Å²) in [7, 11) is 0. The van der Waals surface area contributed by atoms with Crippen LogP contribution in [0.5, 0.6) is 0 Å². The first kappa shape index (κ1) is 12.9. The maximum atomic E-state index is 13.5. The fourth-order valence-corrected chi connectivity index (χ4v) is 2.58. The highest BCUT2D eigenvalue weighted by atomic mass is 79.9. The number of hydrogen-bond acceptors (Lipinski definition) is 2. The minimum absolute atomic E-state index is 0.0466. The Labute approximate surface area is 114 Å². The lowest BCUT2D eigenvalue weighted by molar-refractivity contribution is -0.117. The average Bonchev–Trinajstić information content (AvgIpc) is 3.04. The molecular weight excluding hydrogens is 305 g/mol. The fraction of sp³-hybridized carbons (Fsp3) is 0.417. The molecule has 0 bridgehead atoms. The van der Waals surface area contributed by atoms with Crippen LogP contribution in [0.15, 0.2) is 22.7 Å². The van der Waals surface area contributed by atoms with Crippen molar-refractivity contribution in [2.45, 2.75) is 19.3 Å². The highest BCUT2D eigenvalue weighted by Gasteiger charge is 2.42. The minimum Gasteiger partial charge on any atom is -0.323 e. The second kappa shape index (κ2) is 4.98. The monoisotopic (exact) mass is 317 g/mol. The predicted octanol–water partition coefficient (Wildman–Crippen LogP) is 3.63. The van der Waals surface area contributed by atoms with E-state index in [0.29, 0.717) is 16.6 Å². The van der Waals surface area contributed by atoms with Gasteiger partial charge >= 0.3 is 0 Å². The number of rotatable bonds is 4. The molecule has 1 N–H and O–H groups in total. The van der Waals surface area contributed by atoms with Crippen LogP contribution in [-0.2, 0) is 4.79 Å². The number of halogens is 2. The Balaban J connectivity index is 2.03. The first-order chi connectivity index (χ1) is 8.06. The number of amides is 1. The Hall–Kier alpha value is -0.550. The number of carbonyl (C=O) groups excluding carboxylic acids is 1. The lowest BCUT2D eigenvalue weighted by atomic mass is 10.1. The van der Waals surface area contributed by atoms with Crippen LogP contribution in [0.25, 0.3) is 0 Å². The maximum Gasteiger partial charge on any atom is 0.225 e. The Morgan fingerprint density at radius 1 is 1.53 bits per heavy atom. The molecule has 0 spiro atoms. The molecule has 1 amide bonds. The molecule has 2 nitrogen and oxygen atoms in total. The van der Waals surface area contributed by atoms with Gasteiger partial charge in [0.2, 0.25) is 5.91 Å². The molecule has 0 aromatic heterocycles. The van der Waals surface area contributed by atoms with E-state index in [1.165, 1.54) is 6.07 Å². The summed E-state index contributed by atoms with van der Waals surface area (Å²) in [6.07, 6.45) is 2.47. The number of para-hydroxylation sites is 1. The fourth-order valence-electron chi connectivity index (χ4n) is 1.71. The number of nitrogens with one attached hydrogen (secondary N) is 1. The third kappa shape index (κ3) is 3.01. The van der Waals surface area contributed by atoms with Gasteiger partial charge in [0.15, 0.2) is 0 Å². The molecule has 1 aromatic rings. The summed E-state index contributed by atoms with van der Waals surface area (Å²) in [5.74, 6) is 0.129. The van der Waals surface area contributed by atoms with Crippen LogP contribution in [0.2, 0.25) is 0 Å². The summed E-state index contributed by atoms with van der Waals surface area (Å²) >= 11 is 7.46. The highest BCUT2D eigenvalue weighted by molar-refractivity contribution is 9.10. The van der Waals surface area contributed by atoms with Crippen molar-refractivity contribution in [2.24, 2.45) is 5.41 Å². The van der Waals surface area contributed by atoms with E-state index < -0.39 is 5.82 Å².